The van der Waals surface area contributed by atoms with E-state index in [4.69, 9.17) is 10.5 Å². The summed E-state index contributed by atoms with van der Waals surface area (Å²) < 4.78 is 5.57. The van der Waals surface area contributed by atoms with Gasteiger partial charge in [0.2, 0.25) is 5.88 Å². The zero-order chi connectivity index (χ0) is 14.5. The number of anilines is 2. The molecule has 0 amide bonds. The maximum atomic E-state index is 9.96. The van der Waals surface area contributed by atoms with E-state index in [1.54, 1.807) is 6.07 Å². The minimum Gasteiger partial charge on any atom is -0.473 e. The van der Waals surface area contributed by atoms with Crippen molar-refractivity contribution in [2.24, 2.45) is 5.92 Å². The molecule has 0 aromatic carbocycles. The predicted molar refractivity (Wildman–Crippen MR) is 80.9 cm³/mol. The Hall–Kier alpha value is -1.49. The standard InChI is InChI=1S/C15H25N3O2/c1-10(2)20-15-12(16)7-8-14(18-15)17-9-11-5-3-4-6-13(11)19/h7-8,10-11,13,19H,3-6,9,16H2,1-2H3,(H,17,18). The van der Waals surface area contributed by atoms with Gasteiger partial charge in [0, 0.05) is 12.5 Å². The fraction of sp³-hybridized carbons (Fsp3) is 0.667. The number of nitrogens with two attached hydrogens (primary N) is 1. The second-order valence-corrected chi connectivity index (χ2v) is 5.75. The molecular formula is C15H25N3O2. The van der Waals surface area contributed by atoms with E-state index in [0.29, 0.717) is 17.5 Å². The van der Waals surface area contributed by atoms with Crippen LogP contribution in [-0.4, -0.2) is 28.8 Å². The highest BCUT2D eigenvalue weighted by atomic mass is 16.5. The highest BCUT2D eigenvalue weighted by Crippen LogP contribution is 2.26. The minimum absolute atomic E-state index is 0.0419. The van der Waals surface area contributed by atoms with Crippen LogP contribution in [0.1, 0.15) is 39.5 Å². The molecule has 5 heteroatoms. The van der Waals surface area contributed by atoms with Crippen molar-refractivity contribution < 1.29 is 9.84 Å². The first-order valence-electron chi connectivity index (χ1n) is 7.41. The first-order chi connectivity index (χ1) is 9.56. The van der Waals surface area contributed by atoms with Crippen LogP contribution in [0.4, 0.5) is 11.5 Å². The molecule has 1 saturated carbocycles. The predicted octanol–water partition coefficient (Wildman–Crippen LogP) is 2.41. The molecule has 1 aliphatic rings. The lowest BCUT2D eigenvalue weighted by atomic mass is 9.86. The molecular weight excluding hydrogens is 254 g/mol. The van der Waals surface area contributed by atoms with E-state index in [9.17, 15) is 5.11 Å². The number of nitrogens with one attached hydrogen (secondary N) is 1. The third-order valence-electron chi connectivity index (χ3n) is 3.65. The third kappa shape index (κ3) is 4.00. The van der Waals surface area contributed by atoms with Crippen LogP contribution in [0.25, 0.3) is 0 Å². The molecule has 5 nitrogen and oxygen atoms in total. The number of ether oxygens (including phenoxy) is 1. The summed E-state index contributed by atoms with van der Waals surface area (Å²) in [6.07, 6.45) is 4.14. The molecule has 2 atom stereocenters. The Morgan fingerprint density at radius 2 is 2.15 bits per heavy atom. The first kappa shape index (κ1) is 14.9. The van der Waals surface area contributed by atoms with E-state index >= 15 is 0 Å². The van der Waals surface area contributed by atoms with Crippen LogP contribution in [0.2, 0.25) is 0 Å². The average Bonchev–Trinajstić information content (AvgIpc) is 2.40. The topological polar surface area (TPSA) is 80.4 Å². The molecule has 0 bridgehead atoms. The van der Waals surface area contributed by atoms with Crippen molar-refractivity contribution in [3.05, 3.63) is 12.1 Å². The summed E-state index contributed by atoms with van der Waals surface area (Å²) in [7, 11) is 0. The lowest BCUT2D eigenvalue weighted by Crippen LogP contribution is -2.30. The number of rotatable bonds is 5. The zero-order valence-electron chi connectivity index (χ0n) is 12.3. The minimum atomic E-state index is -0.198. The maximum absolute atomic E-state index is 9.96. The monoisotopic (exact) mass is 279 g/mol. The fourth-order valence-corrected chi connectivity index (χ4v) is 2.53. The first-order valence-corrected chi connectivity index (χ1v) is 7.41. The SMILES string of the molecule is CC(C)Oc1nc(NCC2CCCCC2O)ccc1N. The second-order valence-electron chi connectivity index (χ2n) is 5.75. The molecule has 1 aromatic heterocycles. The van der Waals surface area contributed by atoms with Crippen molar-refractivity contribution in [1.82, 2.24) is 4.98 Å². The largest absolute Gasteiger partial charge is 0.473 e. The average molecular weight is 279 g/mol. The van der Waals surface area contributed by atoms with E-state index in [0.717, 1.165) is 31.6 Å². The number of pyridine rings is 1. The normalized spacial score (nSPS) is 22.8. The Kier molecular flexibility index (Phi) is 5.06. The molecule has 4 N–H and O–H groups in total. The van der Waals surface area contributed by atoms with Crippen LogP contribution < -0.4 is 15.8 Å². The highest BCUT2D eigenvalue weighted by molar-refractivity contribution is 5.53. The number of aromatic nitrogens is 1. The number of nitrogens with zero attached hydrogens (tertiary/aromatic N) is 1. The Morgan fingerprint density at radius 1 is 1.40 bits per heavy atom. The van der Waals surface area contributed by atoms with Gasteiger partial charge in [-0.15, -0.1) is 0 Å². The summed E-state index contributed by atoms with van der Waals surface area (Å²) in [5.41, 5.74) is 6.39. The Bertz CT molecular complexity index is 437. The van der Waals surface area contributed by atoms with Crippen LogP contribution in [0, 0.1) is 5.92 Å². The maximum Gasteiger partial charge on any atom is 0.239 e. The molecule has 1 heterocycles. The van der Waals surface area contributed by atoms with Crippen LogP contribution in [0.3, 0.4) is 0 Å². The van der Waals surface area contributed by atoms with Crippen LogP contribution >= 0.6 is 0 Å². The van der Waals surface area contributed by atoms with Gasteiger partial charge >= 0.3 is 0 Å². The molecule has 0 saturated heterocycles. The molecule has 1 aliphatic carbocycles. The van der Waals surface area contributed by atoms with Gasteiger partial charge < -0.3 is 20.9 Å². The number of hydrogen-bond acceptors (Lipinski definition) is 5. The quantitative estimate of drug-likeness (QED) is 0.771. The molecule has 1 fully saturated rings. The summed E-state index contributed by atoms with van der Waals surface area (Å²) in [6, 6.07) is 3.64. The molecule has 1 aromatic rings. The van der Waals surface area contributed by atoms with Gasteiger partial charge in [-0.2, -0.15) is 4.98 Å². The van der Waals surface area contributed by atoms with Gasteiger partial charge in [-0.1, -0.05) is 12.8 Å². The van der Waals surface area contributed by atoms with Gasteiger partial charge in [-0.25, -0.2) is 0 Å². The van der Waals surface area contributed by atoms with E-state index in [2.05, 4.69) is 10.3 Å². The van der Waals surface area contributed by atoms with Gasteiger partial charge in [0.25, 0.3) is 0 Å². The fourth-order valence-electron chi connectivity index (χ4n) is 2.53. The van der Waals surface area contributed by atoms with E-state index < -0.39 is 0 Å². The summed E-state index contributed by atoms with van der Waals surface area (Å²) in [4.78, 5) is 4.38. The third-order valence-corrected chi connectivity index (χ3v) is 3.65. The van der Waals surface area contributed by atoms with Gasteiger partial charge in [-0.05, 0) is 38.8 Å². The number of aliphatic hydroxyl groups excluding tert-OH is 1. The molecule has 0 aliphatic heterocycles. The molecule has 2 unspecified atom stereocenters. The van der Waals surface area contributed by atoms with Crippen LogP contribution in [0.5, 0.6) is 5.88 Å². The van der Waals surface area contributed by atoms with Crippen molar-refractivity contribution >= 4 is 11.5 Å². The second kappa shape index (κ2) is 6.79. The van der Waals surface area contributed by atoms with Crippen molar-refractivity contribution in [2.75, 3.05) is 17.6 Å². The number of hydrogen-bond donors (Lipinski definition) is 3. The lowest BCUT2D eigenvalue weighted by Gasteiger charge is -2.27. The van der Waals surface area contributed by atoms with Crippen LogP contribution in [-0.2, 0) is 0 Å². The van der Waals surface area contributed by atoms with E-state index in [-0.39, 0.29) is 12.2 Å². The van der Waals surface area contributed by atoms with Gasteiger partial charge in [-0.3, -0.25) is 0 Å². The van der Waals surface area contributed by atoms with E-state index in [1.807, 2.05) is 19.9 Å². The summed E-state index contributed by atoms with van der Waals surface area (Å²) in [6.45, 7) is 4.62. The van der Waals surface area contributed by atoms with Crippen molar-refractivity contribution in [1.29, 1.82) is 0 Å². The Labute approximate surface area is 120 Å². The van der Waals surface area contributed by atoms with Crippen molar-refractivity contribution in [3.63, 3.8) is 0 Å². The van der Waals surface area contributed by atoms with Gasteiger partial charge in [0.05, 0.1) is 17.9 Å². The van der Waals surface area contributed by atoms with E-state index in [1.165, 1.54) is 6.42 Å². The lowest BCUT2D eigenvalue weighted by molar-refractivity contribution is 0.0763. The Balaban J connectivity index is 1.95. The van der Waals surface area contributed by atoms with Crippen LogP contribution in [0.15, 0.2) is 12.1 Å². The van der Waals surface area contributed by atoms with Crippen molar-refractivity contribution in [3.8, 4) is 5.88 Å². The van der Waals surface area contributed by atoms with Gasteiger partial charge in [0.15, 0.2) is 0 Å². The van der Waals surface area contributed by atoms with Gasteiger partial charge in [0.1, 0.15) is 5.82 Å². The molecule has 20 heavy (non-hydrogen) atoms. The summed E-state index contributed by atoms with van der Waals surface area (Å²) in [5.74, 6) is 1.51. The Morgan fingerprint density at radius 3 is 2.85 bits per heavy atom. The smallest absolute Gasteiger partial charge is 0.239 e. The number of aliphatic hydroxyl groups is 1. The summed E-state index contributed by atoms with van der Waals surface area (Å²) >= 11 is 0. The number of nitrogen functional groups attached to an aromatic ring is 1. The molecule has 0 spiro atoms. The molecule has 2 rings (SSSR count). The molecule has 112 valence electrons. The molecule has 0 radical (unpaired) electrons. The highest BCUT2D eigenvalue weighted by Gasteiger charge is 2.22. The zero-order valence-corrected chi connectivity index (χ0v) is 12.3. The van der Waals surface area contributed by atoms with Crippen molar-refractivity contribution in [2.45, 2.75) is 51.7 Å². The summed E-state index contributed by atoms with van der Waals surface area (Å²) in [5, 5.41) is 13.2.